The minimum atomic E-state index is -0.229. The lowest BCUT2D eigenvalue weighted by atomic mass is 10.2. The fourth-order valence-electron chi connectivity index (χ4n) is 2.83. The first-order valence-corrected chi connectivity index (χ1v) is 10.1. The van der Waals surface area contributed by atoms with Crippen molar-refractivity contribution in [3.8, 4) is 11.5 Å². The summed E-state index contributed by atoms with van der Waals surface area (Å²) in [6.45, 7) is 3.95. The maximum absolute atomic E-state index is 13.1. The molecular formula is C20H19Br2N3O3. The minimum Gasteiger partial charge on any atom is -0.493 e. The molecule has 0 fully saturated rings. The summed E-state index contributed by atoms with van der Waals surface area (Å²) in [5.41, 5.74) is 1.09. The summed E-state index contributed by atoms with van der Waals surface area (Å²) in [6.07, 6.45) is 1.57. The standard InChI is InChI=1S/C20H19Br2N3O3/c1-11(2)19-24-16-6-5-13(21)8-15(16)20(26)25(19)23-10-12-7-14(22)9-17(27-3)18(12)28-4/h5-11H,1-4H3. The van der Waals surface area contributed by atoms with Crippen LogP contribution in [0.4, 0.5) is 0 Å². The average molecular weight is 509 g/mol. The van der Waals surface area contributed by atoms with E-state index in [0.717, 1.165) is 8.95 Å². The highest BCUT2D eigenvalue weighted by Gasteiger charge is 2.15. The fraction of sp³-hybridized carbons (Fsp3) is 0.250. The maximum Gasteiger partial charge on any atom is 0.282 e. The van der Waals surface area contributed by atoms with E-state index < -0.39 is 0 Å². The number of hydrogen-bond donors (Lipinski definition) is 0. The van der Waals surface area contributed by atoms with Crippen LogP contribution in [0, 0.1) is 0 Å². The van der Waals surface area contributed by atoms with E-state index in [1.165, 1.54) is 4.68 Å². The molecule has 6 nitrogen and oxygen atoms in total. The van der Waals surface area contributed by atoms with E-state index in [2.05, 4.69) is 41.9 Å². The number of rotatable bonds is 5. The average Bonchev–Trinajstić information content (AvgIpc) is 2.66. The van der Waals surface area contributed by atoms with Crippen molar-refractivity contribution in [2.75, 3.05) is 14.2 Å². The molecule has 0 spiro atoms. The Balaban J connectivity index is 2.22. The number of fused-ring (bicyclic) bond motifs is 1. The molecule has 28 heavy (non-hydrogen) atoms. The molecule has 0 unspecified atom stereocenters. The van der Waals surface area contributed by atoms with E-state index in [4.69, 9.17) is 9.47 Å². The van der Waals surface area contributed by atoms with Crippen molar-refractivity contribution in [2.45, 2.75) is 19.8 Å². The van der Waals surface area contributed by atoms with Gasteiger partial charge in [0.25, 0.3) is 5.56 Å². The maximum atomic E-state index is 13.1. The van der Waals surface area contributed by atoms with Gasteiger partial charge < -0.3 is 9.47 Å². The molecule has 1 heterocycles. The van der Waals surface area contributed by atoms with Gasteiger partial charge in [0.15, 0.2) is 11.5 Å². The summed E-state index contributed by atoms with van der Waals surface area (Å²) in [4.78, 5) is 17.7. The molecule has 0 aliphatic carbocycles. The van der Waals surface area contributed by atoms with Gasteiger partial charge in [0.1, 0.15) is 5.82 Å². The van der Waals surface area contributed by atoms with Crippen LogP contribution >= 0.6 is 31.9 Å². The number of ether oxygens (including phenoxy) is 2. The molecule has 2 aromatic carbocycles. The smallest absolute Gasteiger partial charge is 0.282 e. The second-order valence-corrected chi connectivity index (χ2v) is 8.21. The molecule has 0 atom stereocenters. The van der Waals surface area contributed by atoms with Crippen LogP contribution < -0.4 is 15.0 Å². The first-order valence-electron chi connectivity index (χ1n) is 8.53. The van der Waals surface area contributed by atoms with Gasteiger partial charge in [0.05, 0.1) is 31.3 Å². The van der Waals surface area contributed by atoms with E-state index in [1.807, 2.05) is 32.0 Å². The summed E-state index contributed by atoms with van der Waals surface area (Å²) in [7, 11) is 3.13. The van der Waals surface area contributed by atoms with Gasteiger partial charge in [-0.25, -0.2) is 4.98 Å². The summed E-state index contributed by atoms with van der Waals surface area (Å²) in [5.74, 6) is 1.69. The Morgan fingerprint density at radius 1 is 1.11 bits per heavy atom. The predicted molar refractivity (Wildman–Crippen MR) is 118 cm³/mol. The van der Waals surface area contributed by atoms with Crippen LogP contribution in [0.2, 0.25) is 0 Å². The molecule has 0 bridgehead atoms. The van der Waals surface area contributed by atoms with Crippen molar-refractivity contribution in [2.24, 2.45) is 5.10 Å². The molecular weight excluding hydrogens is 490 g/mol. The first-order chi connectivity index (χ1) is 13.3. The van der Waals surface area contributed by atoms with E-state index in [0.29, 0.717) is 33.8 Å². The van der Waals surface area contributed by atoms with Gasteiger partial charge in [-0.1, -0.05) is 45.7 Å². The zero-order chi connectivity index (χ0) is 20.4. The summed E-state index contributed by atoms with van der Waals surface area (Å²) in [5, 5.41) is 4.94. The van der Waals surface area contributed by atoms with Crippen molar-refractivity contribution < 1.29 is 9.47 Å². The molecule has 3 aromatic rings. The van der Waals surface area contributed by atoms with Gasteiger partial charge in [-0.15, -0.1) is 0 Å². The summed E-state index contributed by atoms with van der Waals surface area (Å²) < 4.78 is 13.8. The topological polar surface area (TPSA) is 65.7 Å². The molecule has 0 amide bonds. The molecule has 3 rings (SSSR count). The van der Waals surface area contributed by atoms with Crippen molar-refractivity contribution in [3.05, 3.63) is 61.0 Å². The molecule has 0 saturated carbocycles. The van der Waals surface area contributed by atoms with E-state index in [9.17, 15) is 4.79 Å². The molecule has 0 aliphatic heterocycles. The third-order valence-electron chi connectivity index (χ3n) is 4.13. The highest BCUT2D eigenvalue weighted by atomic mass is 79.9. The summed E-state index contributed by atoms with van der Waals surface area (Å²) >= 11 is 6.86. The van der Waals surface area contributed by atoms with Crippen LogP contribution in [0.5, 0.6) is 11.5 Å². The van der Waals surface area contributed by atoms with E-state index in [-0.39, 0.29) is 11.5 Å². The third-order valence-corrected chi connectivity index (χ3v) is 5.09. The molecule has 146 valence electrons. The van der Waals surface area contributed by atoms with E-state index >= 15 is 0 Å². The fourth-order valence-corrected chi connectivity index (χ4v) is 3.64. The lowest BCUT2D eigenvalue weighted by molar-refractivity contribution is 0.354. The van der Waals surface area contributed by atoms with Crippen molar-refractivity contribution >= 4 is 49.0 Å². The summed E-state index contributed by atoms with van der Waals surface area (Å²) in [6, 6.07) is 9.09. The van der Waals surface area contributed by atoms with Gasteiger partial charge in [-0.3, -0.25) is 4.79 Å². The quantitative estimate of drug-likeness (QED) is 0.457. The highest BCUT2D eigenvalue weighted by molar-refractivity contribution is 9.10. The Kier molecular flexibility index (Phi) is 6.20. The van der Waals surface area contributed by atoms with Crippen LogP contribution in [0.25, 0.3) is 10.9 Å². The minimum absolute atomic E-state index is 0.0110. The van der Waals surface area contributed by atoms with Crippen LogP contribution in [-0.4, -0.2) is 30.1 Å². The zero-order valence-corrected chi connectivity index (χ0v) is 19.0. The Morgan fingerprint density at radius 3 is 2.50 bits per heavy atom. The number of halogens is 2. The Bertz CT molecular complexity index is 1120. The number of benzene rings is 2. The van der Waals surface area contributed by atoms with Gasteiger partial charge >= 0.3 is 0 Å². The van der Waals surface area contributed by atoms with Gasteiger partial charge in [0.2, 0.25) is 0 Å². The highest BCUT2D eigenvalue weighted by Crippen LogP contribution is 2.33. The molecule has 0 radical (unpaired) electrons. The number of methoxy groups -OCH3 is 2. The lowest BCUT2D eigenvalue weighted by Gasteiger charge is -2.13. The Morgan fingerprint density at radius 2 is 1.86 bits per heavy atom. The van der Waals surface area contributed by atoms with Gasteiger partial charge in [-0.2, -0.15) is 9.78 Å². The number of nitrogens with zero attached hydrogens (tertiary/aromatic N) is 3. The van der Waals surface area contributed by atoms with Crippen molar-refractivity contribution in [3.63, 3.8) is 0 Å². The predicted octanol–water partition coefficient (Wildman–Crippen LogP) is 4.94. The molecule has 0 saturated heterocycles. The molecule has 1 aromatic heterocycles. The van der Waals surface area contributed by atoms with Gasteiger partial charge in [-0.05, 0) is 30.3 Å². The number of hydrogen-bond acceptors (Lipinski definition) is 5. The van der Waals surface area contributed by atoms with Gasteiger partial charge in [0, 0.05) is 20.4 Å². The second kappa shape index (κ2) is 8.45. The third kappa shape index (κ3) is 3.98. The van der Waals surface area contributed by atoms with Crippen molar-refractivity contribution in [1.29, 1.82) is 0 Å². The normalized spacial score (nSPS) is 11.5. The SMILES string of the molecule is COc1cc(Br)cc(C=Nn2c(C(C)C)nc3ccc(Br)cc3c2=O)c1OC. The van der Waals surface area contributed by atoms with Crippen LogP contribution in [-0.2, 0) is 0 Å². The van der Waals surface area contributed by atoms with Crippen LogP contribution in [0.3, 0.4) is 0 Å². The van der Waals surface area contributed by atoms with Crippen LogP contribution in [0.15, 0.2) is 49.2 Å². The zero-order valence-electron chi connectivity index (χ0n) is 15.9. The Hall–Kier alpha value is -2.19. The first kappa shape index (κ1) is 20.5. The van der Waals surface area contributed by atoms with E-state index in [1.54, 1.807) is 32.6 Å². The molecule has 0 N–H and O–H groups in total. The number of aromatic nitrogens is 2. The monoisotopic (exact) mass is 507 g/mol. The van der Waals surface area contributed by atoms with Crippen LogP contribution in [0.1, 0.15) is 31.2 Å². The molecule has 0 aliphatic rings. The lowest BCUT2D eigenvalue weighted by Crippen LogP contribution is -2.23. The second-order valence-electron chi connectivity index (χ2n) is 6.38. The molecule has 8 heteroatoms. The largest absolute Gasteiger partial charge is 0.493 e. The Labute approximate surface area is 179 Å². The van der Waals surface area contributed by atoms with Crippen molar-refractivity contribution in [1.82, 2.24) is 9.66 Å².